The predicted molar refractivity (Wildman–Crippen MR) is 34.0 cm³/mol. The van der Waals surface area contributed by atoms with Crippen LogP contribution in [0, 0.1) is 0 Å². The molecule has 0 aromatic rings. The van der Waals surface area contributed by atoms with Crippen LogP contribution < -0.4 is 5.73 Å². The molecule has 0 bridgehead atoms. The first-order valence-corrected chi connectivity index (χ1v) is 3.08. The van der Waals surface area contributed by atoms with Gasteiger partial charge in [0.15, 0.2) is 5.79 Å². The summed E-state index contributed by atoms with van der Waals surface area (Å²) in [6, 6.07) is 0.268. The molecular formula is C6H13NO2. The second kappa shape index (κ2) is 2.25. The van der Waals surface area contributed by atoms with E-state index in [-0.39, 0.29) is 11.8 Å². The van der Waals surface area contributed by atoms with Gasteiger partial charge in [0.1, 0.15) is 0 Å². The van der Waals surface area contributed by atoms with Gasteiger partial charge in [-0.25, -0.2) is 0 Å². The number of rotatable bonds is 2. The maximum atomic E-state index is 5.55. The predicted octanol–water partition coefficient (Wildman–Crippen LogP) is 0.0966. The van der Waals surface area contributed by atoms with Crippen LogP contribution in [0.5, 0.6) is 0 Å². The number of ether oxygens (including phenoxy) is 2. The second-order valence-electron chi connectivity index (χ2n) is 2.49. The summed E-state index contributed by atoms with van der Waals surface area (Å²) in [6.45, 7) is 0. The molecular weight excluding hydrogens is 118 g/mol. The Morgan fingerprint density at radius 2 is 1.78 bits per heavy atom. The average molecular weight is 131 g/mol. The lowest BCUT2D eigenvalue weighted by Crippen LogP contribution is -2.53. The van der Waals surface area contributed by atoms with Crippen LogP contribution in [0.1, 0.15) is 12.8 Å². The average Bonchev–Trinajstić information content (AvgIpc) is 1.81. The van der Waals surface area contributed by atoms with E-state index in [0.717, 1.165) is 12.8 Å². The first-order chi connectivity index (χ1) is 4.22. The van der Waals surface area contributed by atoms with E-state index < -0.39 is 0 Å². The maximum absolute atomic E-state index is 5.55. The van der Waals surface area contributed by atoms with E-state index in [9.17, 15) is 0 Å². The molecule has 0 heterocycles. The minimum atomic E-state index is -0.348. The normalized spacial score (nSPS) is 25.7. The summed E-state index contributed by atoms with van der Waals surface area (Å²) in [7, 11) is 3.30. The Balaban J connectivity index is 2.36. The topological polar surface area (TPSA) is 44.5 Å². The van der Waals surface area contributed by atoms with Crippen LogP contribution in [0.25, 0.3) is 0 Å². The summed E-state index contributed by atoms with van der Waals surface area (Å²) in [5.41, 5.74) is 5.55. The molecule has 0 atom stereocenters. The number of hydrogen-bond acceptors (Lipinski definition) is 3. The molecule has 1 aliphatic carbocycles. The third-order valence-electron chi connectivity index (χ3n) is 1.89. The van der Waals surface area contributed by atoms with Crippen molar-refractivity contribution in [2.24, 2.45) is 5.73 Å². The third-order valence-corrected chi connectivity index (χ3v) is 1.89. The van der Waals surface area contributed by atoms with Gasteiger partial charge in [-0.15, -0.1) is 0 Å². The highest BCUT2D eigenvalue weighted by Crippen LogP contribution is 2.34. The smallest absolute Gasteiger partial charge is 0.170 e. The molecule has 0 amide bonds. The maximum Gasteiger partial charge on any atom is 0.170 e. The first kappa shape index (κ1) is 6.99. The minimum absolute atomic E-state index is 0.268. The standard InChI is InChI=1S/C6H13NO2/c1-8-6(9-2)3-5(7)4-6/h5H,3-4,7H2,1-2H3. The Kier molecular flexibility index (Phi) is 1.75. The summed E-state index contributed by atoms with van der Waals surface area (Å²) in [5, 5.41) is 0. The van der Waals surface area contributed by atoms with E-state index in [4.69, 9.17) is 15.2 Å². The van der Waals surface area contributed by atoms with Crippen LogP contribution >= 0.6 is 0 Å². The van der Waals surface area contributed by atoms with Crippen molar-refractivity contribution in [3.63, 3.8) is 0 Å². The van der Waals surface area contributed by atoms with E-state index in [1.165, 1.54) is 0 Å². The van der Waals surface area contributed by atoms with Crippen LogP contribution in [0.3, 0.4) is 0 Å². The van der Waals surface area contributed by atoms with Gasteiger partial charge in [-0.1, -0.05) is 0 Å². The summed E-state index contributed by atoms with van der Waals surface area (Å²) in [6.07, 6.45) is 1.64. The molecule has 0 aromatic heterocycles. The van der Waals surface area contributed by atoms with E-state index in [0.29, 0.717) is 0 Å². The minimum Gasteiger partial charge on any atom is -0.353 e. The highest BCUT2D eigenvalue weighted by molar-refractivity contribution is 4.90. The van der Waals surface area contributed by atoms with Crippen LogP contribution in [0.4, 0.5) is 0 Å². The van der Waals surface area contributed by atoms with Crippen molar-refractivity contribution in [3.8, 4) is 0 Å². The molecule has 3 nitrogen and oxygen atoms in total. The van der Waals surface area contributed by atoms with Gasteiger partial charge in [-0.3, -0.25) is 0 Å². The fraction of sp³-hybridized carbons (Fsp3) is 1.00. The monoisotopic (exact) mass is 131 g/mol. The summed E-state index contributed by atoms with van der Waals surface area (Å²) < 4.78 is 10.2. The van der Waals surface area contributed by atoms with Gasteiger partial charge in [0, 0.05) is 33.1 Å². The number of nitrogens with two attached hydrogens (primary N) is 1. The Hall–Kier alpha value is -0.120. The van der Waals surface area contributed by atoms with Gasteiger partial charge in [0.05, 0.1) is 0 Å². The summed E-state index contributed by atoms with van der Waals surface area (Å²) in [5.74, 6) is -0.348. The SMILES string of the molecule is COC1(OC)CC(N)C1. The molecule has 0 spiro atoms. The van der Waals surface area contributed by atoms with Crippen LogP contribution in [-0.2, 0) is 9.47 Å². The van der Waals surface area contributed by atoms with Crippen molar-refractivity contribution in [1.29, 1.82) is 0 Å². The zero-order valence-corrected chi connectivity index (χ0v) is 5.89. The Bertz CT molecular complexity index is 93.2. The molecule has 1 aliphatic rings. The number of methoxy groups -OCH3 is 2. The van der Waals surface area contributed by atoms with E-state index in [2.05, 4.69) is 0 Å². The van der Waals surface area contributed by atoms with E-state index >= 15 is 0 Å². The van der Waals surface area contributed by atoms with Gasteiger partial charge >= 0.3 is 0 Å². The van der Waals surface area contributed by atoms with Crippen molar-refractivity contribution in [2.45, 2.75) is 24.7 Å². The highest BCUT2D eigenvalue weighted by Gasteiger charge is 2.43. The van der Waals surface area contributed by atoms with E-state index in [1.54, 1.807) is 14.2 Å². The van der Waals surface area contributed by atoms with Gasteiger partial charge < -0.3 is 15.2 Å². The largest absolute Gasteiger partial charge is 0.353 e. The van der Waals surface area contributed by atoms with Crippen molar-refractivity contribution in [3.05, 3.63) is 0 Å². The molecule has 0 radical (unpaired) electrons. The molecule has 1 rings (SSSR count). The van der Waals surface area contributed by atoms with E-state index in [1.807, 2.05) is 0 Å². The second-order valence-corrected chi connectivity index (χ2v) is 2.49. The molecule has 0 aliphatic heterocycles. The first-order valence-electron chi connectivity index (χ1n) is 3.08. The van der Waals surface area contributed by atoms with Gasteiger partial charge in [-0.05, 0) is 0 Å². The summed E-state index contributed by atoms with van der Waals surface area (Å²) in [4.78, 5) is 0. The lowest BCUT2D eigenvalue weighted by atomic mass is 9.86. The lowest BCUT2D eigenvalue weighted by Gasteiger charge is -2.43. The van der Waals surface area contributed by atoms with Gasteiger partial charge in [-0.2, -0.15) is 0 Å². The zero-order valence-electron chi connectivity index (χ0n) is 5.89. The molecule has 0 aromatic carbocycles. The van der Waals surface area contributed by atoms with Gasteiger partial charge in [0.25, 0.3) is 0 Å². The zero-order chi connectivity index (χ0) is 6.91. The van der Waals surface area contributed by atoms with Crippen molar-refractivity contribution >= 4 is 0 Å². The molecule has 54 valence electrons. The molecule has 1 fully saturated rings. The Morgan fingerprint density at radius 1 is 1.33 bits per heavy atom. The summed E-state index contributed by atoms with van der Waals surface area (Å²) >= 11 is 0. The molecule has 0 unspecified atom stereocenters. The van der Waals surface area contributed by atoms with Crippen molar-refractivity contribution in [2.75, 3.05) is 14.2 Å². The molecule has 3 heteroatoms. The fourth-order valence-electron chi connectivity index (χ4n) is 1.16. The lowest BCUT2D eigenvalue weighted by molar-refractivity contribution is -0.255. The fourth-order valence-corrected chi connectivity index (χ4v) is 1.16. The van der Waals surface area contributed by atoms with Crippen LogP contribution in [0.2, 0.25) is 0 Å². The van der Waals surface area contributed by atoms with Crippen LogP contribution in [-0.4, -0.2) is 26.0 Å². The van der Waals surface area contributed by atoms with Gasteiger partial charge in [0.2, 0.25) is 0 Å². The molecule has 0 saturated heterocycles. The molecule has 2 N–H and O–H groups in total. The third kappa shape index (κ3) is 1.08. The van der Waals surface area contributed by atoms with Crippen molar-refractivity contribution in [1.82, 2.24) is 0 Å². The Labute approximate surface area is 55.1 Å². The quantitative estimate of drug-likeness (QED) is 0.540. The van der Waals surface area contributed by atoms with Crippen LogP contribution in [0.15, 0.2) is 0 Å². The molecule has 9 heavy (non-hydrogen) atoms. The number of hydrogen-bond donors (Lipinski definition) is 1. The Morgan fingerprint density at radius 3 is 1.89 bits per heavy atom. The van der Waals surface area contributed by atoms with Crippen molar-refractivity contribution < 1.29 is 9.47 Å². The highest BCUT2D eigenvalue weighted by atomic mass is 16.7. The molecule has 1 saturated carbocycles.